The molecule has 2 heteroatoms. The highest BCUT2D eigenvalue weighted by Crippen LogP contribution is 2.24. The second kappa shape index (κ2) is 6.35. The lowest BCUT2D eigenvalue weighted by Gasteiger charge is -2.40. The largest absolute Gasteiger partial charge is 0.329 e. The van der Waals surface area contributed by atoms with Gasteiger partial charge in [-0.3, -0.25) is 4.90 Å². The SMILES string of the molecule is CCC(CC)(CN)N(C)Cc1cc(C)ccc1C. The molecule has 0 aliphatic rings. The second-order valence-corrected chi connectivity index (χ2v) is 5.42. The average Bonchev–Trinajstić information content (AvgIpc) is 2.37. The van der Waals surface area contributed by atoms with Crippen molar-refractivity contribution in [2.75, 3.05) is 13.6 Å². The standard InChI is InChI=1S/C16H28N2/c1-6-16(7-2,12-17)18(5)11-15-10-13(3)8-9-14(15)4/h8-10H,6-7,11-12,17H2,1-5H3. The average molecular weight is 248 g/mol. The molecule has 0 saturated carbocycles. The molecule has 1 aromatic carbocycles. The summed E-state index contributed by atoms with van der Waals surface area (Å²) < 4.78 is 0. The lowest BCUT2D eigenvalue weighted by atomic mass is 9.90. The minimum absolute atomic E-state index is 0.135. The molecule has 102 valence electrons. The van der Waals surface area contributed by atoms with Crippen molar-refractivity contribution in [2.45, 2.75) is 52.6 Å². The molecule has 18 heavy (non-hydrogen) atoms. The Kier molecular flexibility index (Phi) is 5.36. The van der Waals surface area contributed by atoms with E-state index in [1.165, 1.54) is 16.7 Å². The van der Waals surface area contributed by atoms with Crippen LogP contribution in [0.5, 0.6) is 0 Å². The second-order valence-electron chi connectivity index (χ2n) is 5.42. The van der Waals surface area contributed by atoms with Gasteiger partial charge in [-0.05, 0) is 44.9 Å². The number of likely N-dealkylation sites (N-methyl/N-ethyl adjacent to an activating group) is 1. The fraction of sp³-hybridized carbons (Fsp3) is 0.625. The van der Waals surface area contributed by atoms with Gasteiger partial charge < -0.3 is 5.73 Å². The van der Waals surface area contributed by atoms with Crippen LogP contribution in [0, 0.1) is 13.8 Å². The summed E-state index contributed by atoms with van der Waals surface area (Å²) in [5, 5.41) is 0. The normalized spacial score (nSPS) is 12.2. The molecule has 1 aromatic rings. The molecule has 0 atom stereocenters. The Balaban J connectivity index is 2.92. The van der Waals surface area contributed by atoms with Crippen LogP contribution in [0.1, 0.15) is 43.4 Å². The van der Waals surface area contributed by atoms with E-state index >= 15 is 0 Å². The van der Waals surface area contributed by atoms with Crippen LogP contribution in [0.15, 0.2) is 18.2 Å². The molecular weight excluding hydrogens is 220 g/mol. The fourth-order valence-electron chi connectivity index (χ4n) is 2.63. The van der Waals surface area contributed by atoms with Gasteiger partial charge >= 0.3 is 0 Å². The molecule has 0 aliphatic heterocycles. The van der Waals surface area contributed by atoms with Gasteiger partial charge in [-0.2, -0.15) is 0 Å². The summed E-state index contributed by atoms with van der Waals surface area (Å²) in [4.78, 5) is 2.43. The van der Waals surface area contributed by atoms with Crippen molar-refractivity contribution in [1.29, 1.82) is 0 Å². The number of benzene rings is 1. The summed E-state index contributed by atoms with van der Waals surface area (Å²) in [5.41, 5.74) is 10.3. The van der Waals surface area contributed by atoms with Gasteiger partial charge in [0.05, 0.1) is 0 Å². The van der Waals surface area contributed by atoms with Crippen LogP contribution in [0.4, 0.5) is 0 Å². The fourth-order valence-corrected chi connectivity index (χ4v) is 2.63. The number of nitrogens with two attached hydrogens (primary N) is 1. The van der Waals surface area contributed by atoms with E-state index in [-0.39, 0.29) is 5.54 Å². The third kappa shape index (κ3) is 3.12. The molecule has 0 aromatic heterocycles. The maximum atomic E-state index is 6.01. The van der Waals surface area contributed by atoms with Crippen LogP contribution in [-0.4, -0.2) is 24.0 Å². The van der Waals surface area contributed by atoms with E-state index in [0.717, 1.165) is 25.9 Å². The van der Waals surface area contributed by atoms with Crippen molar-refractivity contribution < 1.29 is 0 Å². The molecule has 0 spiro atoms. The molecular formula is C16H28N2. The van der Waals surface area contributed by atoms with E-state index in [9.17, 15) is 0 Å². The molecule has 0 unspecified atom stereocenters. The topological polar surface area (TPSA) is 29.3 Å². The number of aryl methyl sites for hydroxylation is 2. The van der Waals surface area contributed by atoms with Gasteiger partial charge in [-0.25, -0.2) is 0 Å². The van der Waals surface area contributed by atoms with Gasteiger partial charge in [0.15, 0.2) is 0 Å². The number of hydrogen-bond acceptors (Lipinski definition) is 2. The molecule has 0 radical (unpaired) electrons. The highest BCUT2D eigenvalue weighted by atomic mass is 15.2. The first-order valence-electron chi connectivity index (χ1n) is 6.96. The number of hydrogen-bond donors (Lipinski definition) is 1. The smallest absolute Gasteiger partial charge is 0.0327 e. The van der Waals surface area contributed by atoms with Crippen LogP contribution < -0.4 is 5.73 Å². The van der Waals surface area contributed by atoms with E-state index in [1.54, 1.807) is 0 Å². The quantitative estimate of drug-likeness (QED) is 0.837. The first-order chi connectivity index (χ1) is 8.49. The maximum absolute atomic E-state index is 6.01. The first kappa shape index (κ1) is 15.2. The third-order valence-electron chi connectivity index (χ3n) is 4.42. The Morgan fingerprint density at radius 2 is 1.78 bits per heavy atom. The van der Waals surface area contributed by atoms with Crippen LogP contribution in [0.25, 0.3) is 0 Å². The molecule has 2 N–H and O–H groups in total. The Bertz CT molecular complexity index is 372. The van der Waals surface area contributed by atoms with Gasteiger partial charge in [0.25, 0.3) is 0 Å². The van der Waals surface area contributed by atoms with Crippen LogP contribution in [-0.2, 0) is 6.54 Å². The zero-order valence-corrected chi connectivity index (χ0v) is 12.6. The molecule has 0 bridgehead atoms. The number of nitrogens with zero attached hydrogens (tertiary/aromatic N) is 1. The van der Waals surface area contributed by atoms with Gasteiger partial charge in [0.2, 0.25) is 0 Å². The minimum atomic E-state index is 0.135. The predicted octanol–water partition coefficient (Wildman–Crippen LogP) is 3.25. The monoisotopic (exact) mass is 248 g/mol. The van der Waals surface area contributed by atoms with Gasteiger partial charge in [-0.1, -0.05) is 37.6 Å². The lowest BCUT2D eigenvalue weighted by molar-refractivity contribution is 0.108. The molecule has 0 saturated heterocycles. The summed E-state index contributed by atoms with van der Waals surface area (Å²) in [5.74, 6) is 0. The first-order valence-corrected chi connectivity index (χ1v) is 6.96. The highest BCUT2D eigenvalue weighted by molar-refractivity contribution is 5.30. The van der Waals surface area contributed by atoms with E-state index in [0.29, 0.717) is 0 Å². The highest BCUT2D eigenvalue weighted by Gasteiger charge is 2.29. The summed E-state index contributed by atoms with van der Waals surface area (Å²) >= 11 is 0. The Labute approximate surface area is 112 Å². The summed E-state index contributed by atoms with van der Waals surface area (Å²) in [6.07, 6.45) is 2.20. The van der Waals surface area contributed by atoms with Crippen LogP contribution >= 0.6 is 0 Å². The Hall–Kier alpha value is -0.860. The van der Waals surface area contributed by atoms with E-state index in [2.05, 4.69) is 57.8 Å². The zero-order chi connectivity index (χ0) is 13.8. The zero-order valence-electron chi connectivity index (χ0n) is 12.6. The van der Waals surface area contributed by atoms with Gasteiger partial charge in [-0.15, -0.1) is 0 Å². The van der Waals surface area contributed by atoms with Crippen LogP contribution in [0.3, 0.4) is 0 Å². The van der Waals surface area contributed by atoms with Crippen molar-refractivity contribution in [2.24, 2.45) is 5.73 Å². The van der Waals surface area contributed by atoms with E-state index < -0.39 is 0 Å². The maximum Gasteiger partial charge on any atom is 0.0327 e. The van der Waals surface area contributed by atoms with Gasteiger partial charge in [0.1, 0.15) is 0 Å². The molecule has 0 fully saturated rings. The Morgan fingerprint density at radius 1 is 1.17 bits per heavy atom. The molecule has 0 heterocycles. The molecule has 1 rings (SSSR count). The van der Waals surface area contributed by atoms with Crippen molar-refractivity contribution in [1.82, 2.24) is 4.90 Å². The lowest BCUT2D eigenvalue weighted by Crippen LogP contribution is -2.50. The molecule has 0 aliphatic carbocycles. The van der Waals surface area contributed by atoms with Crippen molar-refractivity contribution in [3.05, 3.63) is 34.9 Å². The summed E-state index contributed by atoms with van der Waals surface area (Å²) in [6.45, 7) is 10.5. The predicted molar refractivity (Wildman–Crippen MR) is 79.8 cm³/mol. The van der Waals surface area contributed by atoms with E-state index in [4.69, 9.17) is 5.73 Å². The molecule has 0 amide bonds. The minimum Gasteiger partial charge on any atom is -0.329 e. The van der Waals surface area contributed by atoms with Gasteiger partial charge in [0, 0.05) is 18.6 Å². The summed E-state index contributed by atoms with van der Waals surface area (Å²) in [7, 11) is 2.20. The Morgan fingerprint density at radius 3 is 2.28 bits per heavy atom. The van der Waals surface area contributed by atoms with E-state index in [1.807, 2.05) is 0 Å². The molecule has 2 nitrogen and oxygen atoms in total. The number of rotatable bonds is 6. The van der Waals surface area contributed by atoms with Crippen molar-refractivity contribution in [3.8, 4) is 0 Å². The van der Waals surface area contributed by atoms with Crippen LogP contribution in [0.2, 0.25) is 0 Å². The summed E-state index contributed by atoms with van der Waals surface area (Å²) in [6, 6.07) is 6.67. The van der Waals surface area contributed by atoms with Crippen molar-refractivity contribution in [3.63, 3.8) is 0 Å². The van der Waals surface area contributed by atoms with Crippen molar-refractivity contribution >= 4 is 0 Å². The third-order valence-corrected chi connectivity index (χ3v) is 4.42.